The Bertz CT molecular complexity index is 827. The molecule has 1 unspecified atom stereocenters. The molecule has 1 atom stereocenters. The minimum Gasteiger partial charge on any atom is -0.336 e. The summed E-state index contributed by atoms with van der Waals surface area (Å²) in [5, 5.41) is 10.6. The molecule has 0 spiro atoms. The first kappa shape index (κ1) is 18.6. The first-order valence-electron chi connectivity index (χ1n) is 8.63. The molecule has 0 heterocycles. The van der Waals surface area contributed by atoms with Crippen molar-refractivity contribution in [3.8, 4) is 0 Å². The van der Waals surface area contributed by atoms with E-state index in [1.54, 1.807) is 12.1 Å². The summed E-state index contributed by atoms with van der Waals surface area (Å²) in [4.78, 5) is 24.1. The second-order valence-electron chi connectivity index (χ2n) is 6.40. The number of hydrogen-bond donors (Lipinski definition) is 4. The SMILES string of the molecule is O=C(NCC(NC(=O)Nc1cccc(F)c1)C1CC1)Nc1cccc(F)c1. The van der Waals surface area contributed by atoms with Crippen LogP contribution in [0.15, 0.2) is 48.5 Å². The van der Waals surface area contributed by atoms with E-state index in [2.05, 4.69) is 21.3 Å². The smallest absolute Gasteiger partial charge is 0.319 e. The molecule has 6 nitrogen and oxygen atoms in total. The van der Waals surface area contributed by atoms with Crippen molar-refractivity contribution in [2.45, 2.75) is 18.9 Å². The predicted molar refractivity (Wildman–Crippen MR) is 98.5 cm³/mol. The van der Waals surface area contributed by atoms with Gasteiger partial charge in [0.25, 0.3) is 0 Å². The Labute approximate surface area is 155 Å². The van der Waals surface area contributed by atoms with Gasteiger partial charge in [-0.2, -0.15) is 0 Å². The van der Waals surface area contributed by atoms with Gasteiger partial charge in [-0.3, -0.25) is 0 Å². The molecule has 1 saturated carbocycles. The first-order valence-corrected chi connectivity index (χ1v) is 8.63. The molecule has 27 heavy (non-hydrogen) atoms. The Morgan fingerprint density at radius 3 is 2.00 bits per heavy atom. The van der Waals surface area contributed by atoms with E-state index in [9.17, 15) is 18.4 Å². The highest BCUT2D eigenvalue weighted by molar-refractivity contribution is 5.90. The first-order chi connectivity index (χ1) is 13.0. The van der Waals surface area contributed by atoms with Crippen molar-refractivity contribution in [1.29, 1.82) is 0 Å². The highest BCUT2D eigenvalue weighted by atomic mass is 19.1. The Kier molecular flexibility index (Phi) is 5.85. The lowest BCUT2D eigenvalue weighted by atomic mass is 10.2. The second-order valence-corrected chi connectivity index (χ2v) is 6.40. The van der Waals surface area contributed by atoms with Crippen LogP contribution in [0.4, 0.5) is 29.7 Å². The maximum Gasteiger partial charge on any atom is 0.319 e. The Morgan fingerprint density at radius 1 is 0.926 bits per heavy atom. The molecule has 0 bridgehead atoms. The Balaban J connectivity index is 1.49. The average Bonchev–Trinajstić information content (AvgIpc) is 3.43. The summed E-state index contributed by atoms with van der Waals surface area (Å²) >= 11 is 0. The van der Waals surface area contributed by atoms with Crippen LogP contribution < -0.4 is 21.3 Å². The normalized spacial score (nSPS) is 14.1. The van der Waals surface area contributed by atoms with Crippen molar-refractivity contribution in [2.24, 2.45) is 5.92 Å². The van der Waals surface area contributed by atoms with Crippen LogP contribution >= 0.6 is 0 Å². The van der Waals surface area contributed by atoms with Crippen LogP contribution in [0.25, 0.3) is 0 Å². The zero-order valence-electron chi connectivity index (χ0n) is 14.5. The number of nitrogens with one attached hydrogen (secondary N) is 4. The lowest BCUT2D eigenvalue weighted by Gasteiger charge is -2.19. The van der Waals surface area contributed by atoms with Crippen LogP contribution in [0, 0.1) is 17.6 Å². The van der Waals surface area contributed by atoms with Crippen molar-refractivity contribution in [2.75, 3.05) is 17.2 Å². The summed E-state index contributed by atoms with van der Waals surface area (Å²) in [5.41, 5.74) is 0.686. The largest absolute Gasteiger partial charge is 0.336 e. The van der Waals surface area contributed by atoms with Gasteiger partial charge in [-0.1, -0.05) is 12.1 Å². The number of hydrogen-bond acceptors (Lipinski definition) is 2. The fourth-order valence-corrected chi connectivity index (χ4v) is 2.68. The summed E-state index contributed by atoms with van der Waals surface area (Å²) < 4.78 is 26.3. The topological polar surface area (TPSA) is 82.3 Å². The summed E-state index contributed by atoms with van der Waals surface area (Å²) in [6.07, 6.45) is 1.91. The maximum atomic E-state index is 13.2. The molecule has 1 fully saturated rings. The molecule has 0 radical (unpaired) electrons. The van der Waals surface area contributed by atoms with E-state index in [1.165, 1.54) is 36.4 Å². The van der Waals surface area contributed by atoms with E-state index in [0.29, 0.717) is 11.4 Å². The van der Waals surface area contributed by atoms with Crippen molar-refractivity contribution in [3.63, 3.8) is 0 Å². The number of halogens is 2. The molecule has 4 amide bonds. The summed E-state index contributed by atoms with van der Waals surface area (Å²) in [6.45, 7) is 0.225. The van der Waals surface area contributed by atoms with Gasteiger partial charge in [0.15, 0.2) is 0 Å². The fraction of sp³-hybridized carbons (Fsp3) is 0.263. The van der Waals surface area contributed by atoms with Crippen molar-refractivity contribution >= 4 is 23.4 Å². The van der Waals surface area contributed by atoms with E-state index < -0.39 is 23.7 Å². The molecular weight excluding hydrogens is 354 g/mol. The van der Waals surface area contributed by atoms with Crippen molar-refractivity contribution in [3.05, 3.63) is 60.2 Å². The molecular formula is C19H20F2N4O2. The van der Waals surface area contributed by atoms with Crippen LogP contribution in [0.1, 0.15) is 12.8 Å². The number of amides is 4. The van der Waals surface area contributed by atoms with E-state index in [-0.39, 0.29) is 18.5 Å². The second kappa shape index (κ2) is 8.48. The maximum absolute atomic E-state index is 13.2. The van der Waals surface area contributed by atoms with Gasteiger partial charge in [-0.15, -0.1) is 0 Å². The van der Waals surface area contributed by atoms with E-state index in [4.69, 9.17) is 0 Å². The Morgan fingerprint density at radius 2 is 1.48 bits per heavy atom. The number of carbonyl (C=O) groups is 2. The van der Waals surface area contributed by atoms with Crippen LogP contribution in [-0.4, -0.2) is 24.6 Å². The molecule has 1 aliphatic carbocycles. The summed E-state index contributed by atoms with van der Waals surface area (Å²) in [5.74, 6) is -0.612. The van der Waals surface area contributed by atoms with Gasteiger partial charge < -0.3 is 21.3 Å². The zero-order valence-corrected chi connectivity index (χ0v) is 14.5. The number of urea groups is 2. The van der Waals surface area contributed by atoms with Gasteiger partial charge >= 0.3 is 12.1 Å². The van der Waals surface area contributed by atoms with E-state index in [1.807, 2.05) is 0 Å². The van der Waals surface area contributed by atoms with Gasteiger partial charge in [-0.05, 0) is 55.2 Å². The molecule has 8 heteroatoms. The van der Waals surface area contributed by atoms with Gasteiger partial charge in [0.05, 0.1) is 6.04 Å². The lowest BCUT2D eigenvalue weighted by molar-refractivity contribution is 0.242. The predicted octanol–water partition coefficient (Wildman–Crippen LogP) is 3.69. The summed E-state index contributed by atoms with van der Waals surface area (Å²) in [7, 11) is 0. The molecule has 2 aromatic carbocycles. The third-order valence-electron chi connectivity index (χ3n) is 4.16. The molecule has 0 saturated heterocycles. The highest BCUT2D eigenvalue weighted by Crippen LogP contribution is 2.32. The highest BCUT2D eigenvalue weighted by Gasteiger charge is 2.32. The standard InChI is InChI=1S/C19H20F2N4O2/c20-13-3-1-5-15(9-13)23-18(26)22-11-17(12-7-8-12)25-19(27)24-16-6-2-4-14(21)10-16/h1-6,9-10,12,17H,7-8,11H2,(H2,22,23,26)(H2,24,25,27). The fourth-order valence-electron chi connectivity index (χ4n) is 2.68. The van der Waals surface area contributed by atoms with Gasteiger partial charge in [-0.25, -0.2) is 18.4 Å². The van der Waals surface area contributed by atoms with Crippen molar-refractivity contribution in [1.82, 2.24) is 10.6 Å². The van der Waals surface area contributed by atoms with Crippen molar-refractivity contribution < 1.29 is 18.4 Å². The molecule has 142 valence electrons. The van der Waals surface area contributed by atoms with E-state index in [0.717, 1.165) is 12.8 Å². The molecule has 1 aliphatic rings. The number of rotatable bonds is 6. The molecule has 0 aliphatic heterocycles. The minimum atomic E-state index is -0.487. The van der Waals surface area contributed by atoms with Crippen LogP contribution in [0.3, 0.4) is 0 Å². The third kappa shape index (κ3) is 5.95. The van der Waals surface area contributed by atoms with E-state index >= 15 is 0 Å². The van der Waals surface area contributed by atoms with Gasteiger partial charge in [0.2, 0.25) is 0 Å². The third-order valence-corrected chi connectivity index (χ3v) is 4.16. The van der Waals surface area contributed by atoms with Gasteiger partial charge in [0, 0.05) is 17.9 Å². The van der Waals surface area contributed by atoms with Gasteiger partial charge in [0.1, 0.15) is 11.6 Å². The van der Waals surface area contributed by atoms with Crippen LogP contribution in [0.2, 0.25) is 0 Å². The monoisotopic (exact) mass is 374 g/mol. The zero-order chi connectivity index (χ0) is 19.2. The Hall–Kier alpha value is -3.16. The quantitative estimate of drug-likeness (QED) is 0.622. The van der Waals surface area contributed by atoms with Crippen LogP contribution in [0.5, 0.6) is 0 Å². The number of benzene rings is 2. The van der Waals surface area contributed by atoms with Crippen LogP contribution in [-0.2, 0) is 0 Å². The average molecular weight is 374 g/mol. The summed E-state index contributed by atoms with van der Waals surface area (Å²) in [6, 6.07) is 9.95. The molecule has 4 N–H and O–H groups in total. The molecule has 2 aromatic rings. The minimum absolute atomic E-state index is 0.225. The lowest BCUT2D eigenvalue weighted by Crippen LogP contribution is -2.47. The number of anilines is 2. The number of carbonyl (C=O) groups excluding carboxylic acids is 2. The molecule has 3 rings (SSSR count). The molecule has 0 aromatic heterocycles.